The average molecular weight is 255 g/mol. The van der Waals surface area contributed by atoms with Crippen molar-refractivity contribution < 1.29 is 4.39 Å². The molecule has 0 aliphatic carbocycles. The van der Waals surface area contributed by atoms with Crippen LogP contribution in [0.3, 0.4) is 0 Å². The predicted molar refractivity (Wildman–Crippen MR) is 65.7 cm³/mol. The summed E-state index contributed by atoms with van der Waals surface area (Å²) in [5.41, 5.74) is 2.05. The number of rotatable bonds is 2. The Morgan fingerprint density at radius 2 is 1.38 bits per heavy atom. The fourth-order valence-corrected chi connectivity index (χ4v) is 2.12. The molecule has 0 saturated carbocycles. The molecule has 0 heterocycles. The lowest BCUT2D eigenvalue weighted by Crippen LogP contribution is -1.88. The van der Waals surface area contributed by atoms with Crippen molar-refractivity contribution in [2.75, 3.05) is 0 Å². The fourth-order valence-electron chi connectivity index (χ4n) is 1.55. The SMILES string of the molecule is Fc1ccc(Cc2cc(Cl)cc(Cl)c2)cc1. The third-order valence-corrected chi connectivity index (χ3v) is 2.68. The lowest BCUT2D eigenvalue weighted by atomic mass is 10.1. The van der Waals surface area contributed by atoms with Gasteiger partial charge in [-0.3, -0.25) is 0 Å². The first kappa shape index (κ1) is 11.4. The molecule has 0 saturated heterocycles. The molecule has 0 amide bonds. The van der Waals surface area contributed by atoms with E-state index in [4.69, 9.17) is 23.2 Å². The van der Waals surface area contributed by atoms with E-state index in [0.717, 1.165) is 11.1 Å². The standard InChI is InChI=1S/C13H9Cl2F/c14-11-6-10(7-12(15)8-11)5-9-1-3-13(16)4-2-9/h1-4,6-8H,5H2. The first-order valence-electron chi connectivity index (χ1n) is 4.83. The molecule has 2 rings (SSSR count). The van der Waals surface area contributed by atoms with Crippen LogP contribution in [-0.2, 0) is 6.42 Å². The maximum Gasteiger partial charge on any atom is 0.123 e. The average Bonchev–Trinajstić information content (AvgIpc) is 2.20. The van der Waals surface area contributed by atoms with Crippen molar-refractivity contribution >= 4 is 23.2 Å². The van der Waals surface area contributed by atoms with E-state index in [1.807, 2.05) is 12.1 Å². The van der Waals surface area contributed by atoms with Crippen molar-refractivity contribution in [2.45, 2.75) is 6.42 Å². The zero-order valence-corrected chi connectivity index (χ0v) is 9.89. The predicted octanol–water partition coefficient (Wildman–Crippen LogP) is 4.72. The van der Waals surface area contributed by atoms with E-state index in [0.29, 0.717) is 16.5 Å². The van der Waals surface area contributed by atoms with Crippen LogP contribution >= 0.6 is 23.2 Å². The van der Waals surface area contributed by atoms with E-state index in [1.165, 1.54) is 12.1 Å². The highest BCUT2D eigenvalue weighted by Gasteiger charge is 2.00. The summed E-state index contributed by atoms with van der Waals surface area (Å²) in [4.78, 5) is 0. The zero-order valence-electron chi connectivity index (χ0n) is 8.38. The van der Waals surface area contributed by atoms with E-state index in [-0.39, 0.29) is 5.82 Å². The topological polar surface area (TPSA) is 0 Å². The van der Waals surface area contributed by atoms with Gasteiger partial charge in [0.1, 0.15) is 5.82 Å². The monoisotopic (exact) mass is 254 g/mol. The van der Waals surface area contributed by atoms with Gasteiger partial charge < -0.3 is 0 Å². The van der Waals surface area contributed by atoms with Crippen LogP contribution in [-0.4, -0.2) is 0 Å². The Balaban J connectivity index is 2.23. The Kier molecular flexibility index (Phi) is 3.47. The number of hydrogen-bond donors (Lipinski definition) is 0. The van der Waals surface area contributed by atoms with Gasteiger partial charge in [-0.05, 0) is 47.9 Å². The second-order valence-electron chi connectivity index (χ2n) is 3.58. The van der Waals surface area contributed by atoms with E-state index < -0.39 is 0 Å². The number of benzene rings is 2. The van der Waals surface area contributed by atoms with Crippen molar-refractivity contribution in [2.24, 2.45) is 0 Å². The van der Waals surface area contributed by atoms with E-state index in [9.17, 15) is 4.39 Å². The van der Waals surface area contributed by atoms with Crippen LogP contribution in [0.1, 0.15) is 11.1 Å². The van der Waals surface area contributed by atoms with Crippen LogP contribution < -0.4 is 0 Å². The van der Waals surface area contributed by atoms with Crippen LogP contribution in [0.2, 0.25) is 10.0 Å². The summed E-state index contributed by atoms with van der Waals surface area (Å²) >= 11 is 11.8. The van der Waals surface area contributed by atoms with Gasteiger partial charge in [0.05, 0.1) is 0 Å². The molecular formula is C13H9Cl2F. The van der Waals surface area contributed by atoms with Crippen LogP contribution in [0, 0.1) is 5.82 Å². The minimum absolute atomic E-state index is 0.229. The molecule has 82 valence electrons. The van der Waals surface area contributed by atoms with Crippen LogP contribution in [0.25, 0.3) is 0 Å². The largest absolute Gasteiger partial charge is 0.207 e. The van der Waals surface area contributed by atoms with Crippen molar-refractivity contribution in [1.29, 1.82) is 0 Å². The van der Waals surface area contributed by atoms with Crippen molar-refractivity contribution in [3.63, 3.8) is 0 Å². The summed E-state index contributed by atoms with van der Waals surface area (Å²) in [6.07, 6.45) is 0.695. The normalized spacial score (nSPS) is 10.4. The smallest absolute Gasteiger partial charge is 0.123 e. The molecule has 2 aromatic carbocycles. The first-order chi connectivity index (χ1) is 7.63. The van der Waals surface area contributed by atoms with E-state index in [2.05, 4.69) is 0 Å². The molecule has 16 heavy (non-hydrogen) atoms. The minimum atomic E-state index is -0.229. The molecule has 0 radical (unpaired) electrons. The summed E-state index contributed by atoms with van der Waals surface area (Å²) in [5, 5.41) is 1.23. The fraction of sp³-hybridized carbons (Fsp3) is 0.0769. The zero-order chi connectivity index (χ0) is 11.5. The molecule has 0 aliphatic rings. The highest BCUT2D eigenvalue weighted by atomic mass is 35.5. The minimum Gasteiger partial charge on any atom is -0.207 e. The van der Waals surface area contributed by atoms with Crippen LogP contribution in [0.5, 0.6) is 0 Å². The lowest BCUT2D eigenvalue weighted by molar-refractivity contribution is 0.627. The lowest BCUT2D eigenvalue weighted by Gasteiger charge is -2.03. The van der Waals surface area contributed by atoms with Crippen LogP contribution in [0.4, 0.5) is 4.39 Å². The number of hydrogen-bond acceptors (Lipinski definition) is 0. The summed E-state index contributed by atoms with van der Waals surface area (Å²) in [7, 11) is 0. The third kappa shape index (κ3) is 2.97. The Morgan fingerprint density at radius 1 is 0.812 bits per heavy atom. The van der Waals surface area contributed by atoms with Gasteiger partial charge in [0.15, 0.2) is 0 Å². The van der Waals surface area contributed by atoms with Gasteiger partial charge in [0.2, 0.25) is 0 Å². The Morgan fingerprint density at radius 3 is 1.94 bits per heavy atom. The van der Waals surface area contributed by atoms with Crippen molar-refractivity contribution in [1.82, 2.24) is 0 Å². The molecule has 0 bridgehead atoms. The van der Waals surface area contributed by atoms with Gasteiger partial charge in [0.25, 0.3) is 0 Å². The van der Waals surface area contributed by atoms with Gasteiger partial charge >= 0.3 is 0 Å². The van der Waals surface area contributed by atoms with E-state index in [1.54, 1.807) is 18.2 Å². The van der Waals surface area contributed by atoms with Gasteiger partial charge in [-0.25, -0.2) is 4.39 Å². The van der Waals surface area contributed by atoms with Crippen molar-refractivity contribution in [3.8, 4) is 0 Å². The summed E-state index contributed by atoms with van der Waals surface area (Å²) in [6.45, 7) is 0. The maximum atomic E-state index is 12.7. The molecule has 3 heteroatoms. The molecule has 0 atom stereocenters. The highest BCUT2D eigenvalue weighted by Crippen LogP contribution is 2.21. The second-order valence-corrected chi connectivity index (χ2v) is 4.45. The van der Waals surface area contributed by atoms with Crippen molar-refractivity contribution in [3.05, 3.63) is 69.5 Å². The molecule has 0 aromatic heterocycles. The Hall–Kier alpha value is -1.05. The first-order valence-corrected chi connectivity index (χ1v) is 5.58. The Bertz CT molecular complexity index is 472. The summed E-state index contributed by atoms with van der Waals surface area (Å²) in [6, 6.07) is 11.8. The molecule has 0 spiro atoms. The molecular weight excluding hydrogens is 246 g/mol. The van der Waals surface area contributed by atoms with Gasteiger partial charge in [-0.1, -0.05) is 35.3 Å². The van der Waals surface area contributed by atoms with E-state index >= 15 is 0 Å². The molecule has 0 nitrogen and oxygen atoms in total. The Labute approximate surface area is 104 Å². The second kappa shape index (κ2) is 4.86. The quantitative estimate of drug-likeness (QED) is 0.728. The summed E-state index contributed by atoms with van der Waals surface area (Å²) in [5.74, 6) is -0.229. The maximum absolute atomic E-state index is 12.7. The van der Waals surface area contributed by atoms with Gasteiger partial charge in [0, 0.05) is 10.0 Å². The van der Waals surface area contributed by atoms with Gasteiger partial charge in [-0.2, -0.15) is 0 Å². The summed E-state index contributed by atoms with van der Waals surface area (Å²) < 4.78 is 12.7. The highest BCUT2D eigenvalue weighted by molar-refractivity contribution is 6.34. The van der Waals surface area contributed by atoms with Crippen LogP contribution in [0.15, 0.2) is 42.5 Å². The molecule has 0 fully saturated rings. The third-order valence-electron chi connectivity index (χ3n) is 2.24. The molecule has 0 unspecified atom stereocenters. The molecule has 0 N–H and O–H groups in total. The van der Waals surface area contributed by atoms with Gasteiger partial charge in [-0.15, -0.1) is 0 Å². The molecule has 2 aromatic rings. The number of halogens is 3. The molecule has 0 aliphatic heterocycles.